The van der Waals surface area contributed by atoms with Gasteiger partial charge in [-0.05, 0) is 111 Å². The Morgan fingerprint density at radius 2 is 1.55 bits per heavy atom. The Kier molecular flexibility index (Phi) is 14.0. The fraction of sp³-hybridized carbons (Fsp3) is 0.511. The first kappa shape index (κ1) is 41.8. The van der Waals surface area contributed by atoms with Crippen LogP contribution in [-0.4, -0.2) is 91.8 Å². The molecule has 2 atom stereocenters. The van der Waals surface area contributed by atoms with Crippen LogP contribution in [0, 0.1) is 0 Å². The lowest BCUT2D eigenvalue weighted by molar-refractivity contribution is -0.140. The highest BCUT2D eigenvalue weighted by Gasteiger charge is 2.43. The van der Waals surface area contributed by atoms with Gasteiger partial charge in [0.15, 0.2) is 6.61 Å². The average Bonchev–Trinajstić information content (AvgIpc) is 3.66. The van der Waals surface area contributed by atoms with E-state index < -0.39 is 18.3 Å². The third kappa shape index (κ3) is 10.3. The van der Waals surface area contributed by atoms with Gasteiger partial charge in [0.2, 0.25) is 5.91 Å². The minimum absolute atomic E-state index is 0.00429. The number of rotatable bonds is 12. The number of pyridine rings is 1. The van der Waals surface area contributed by atoms with E-state index in [0.717, 1.165) is 87.4 Å². The topological polar surface area (TPSA) is 119 Å². The first-order valence-electron chi connectivity index (χ1n) is 22.0. The van der Waals surface area contributed by atoms with Gasteiger partial charge in [-0.25, -0.2) is 14.6 Å². The summed E-state index contributed by atoms with van der Waals surface area (Å²) < 4.78 is 19.2. The Hall–Kier alpha value is -4.94. The molecule has 3 fully saturated rings. The summed E-state index contributed by atoms with van der Waals surface area (Å²) in [7, 11) is 0. The molecule has 12 nitrogen and oxygen atoms in total. The van der Waals surface area contributed by atoms with Crippen molar-refractivity contribution in [3.63, 3.8) is 0 Å². The molecule has 4 aromatic rings. The van der Waals surface area contributed by atoms with Gasteiger partial charge in [-0.3, -0.25) is 19.6 Å². The number of ether oxygens (including phenoxy) is 3. The van der Waals surface area contributed by atoms with Crippen LogP contribution in [0.15, 0.2) is 79.3 Å². The zero-order valence-corrected chi connectivity index (χ0v) is 35.2. The summed E-state index contributed by atoms with van der Waals surface area (Å²) in [5, 5.41) is 0.693. The van der Waals surface area contributed by atoms with E-state index in [-0.39, 0.29) is 30.8 Å². The van der Waals surface area contributed by atoms with Crippen LogP contribution in [0.4, 0.5) is 9.59 Å². The third-order valence-corrected chi connectivity index (χ3v) is 12.9. The maximum atomic E-state index is 15.3. The highest BCUT2D eigenvalue weighted by atomic mass is 35.5. The van der Waals surface area contributed by atoms with Gasteiger partial charge in [0.25, 0.3) is 0 Å². The number of aromatic nitrogens is 3. The van der Waals surface area contributed by atoms with Crippen molar-refractivity contribution in [2.24, 2.45) is 0 Å². The van der Waals surface area contributed by atoms with Crippen molar-refractivity contribution in [2.75, 3.05) is 26.2 Å². The molecule has 1 aliphatic heterocycles. The second kappa shape index (κ2) is 20.1. The molecule has 2 aromatic heterocycles. The molecule has 1 saturated heterocycles. The van der Waals surface area contributed by atoms with Gasteiger partial charge in [-0.15, -0.1) is 0 Å². The van der Waals surface area contributed by atoms with Crippen LogP contribution in [0.25, 0.3) is 0 Å². The minimum Gasteiger partial charge on any atom is -0.446 e. The Morgan fingerprint density at radius 1 is 0.800 bits per heavy atom. The van der Waals surface area contributed by atoms with E-state index >= 15 is 4.79 Å². The molecular formula is C47H57ClN6O6. The number of nitrogens with zero attached hydrogens (tertiary/aromatic N) is 6. The summed E-state index contributed by atoms with van der Waals surface area (Å²) in [6.07, 6.45) is 16.3. The molecule has 3 aliphatic carbocycles. The molecule has 60 heavy (non-hydrogen) atoms. The number of hydrogen-bond acceptors (Lipinski definition) is 9. The molecule has 2 saturated carbocycles. The van der Waals surface area contributed by atoms with Crippen LogP contribution >= 0.6 is 11.6 Å². The van der Waals surface area contributed by atoms with Gasteiger partial charge >= 0.3 is 12.2 Å². The SMILES string of the molecule is O=C(OCc1nccn1CCCN(Cc1ccccc1)C(=O)[C@H]1CN([C@H]2c3ccc(Cl)cc3CCc3cccnc32)CCN1C(=O)OC1CCCCC1)OC1CCCCC1. The van der Waals surface area contributed by atoms with Gasteiger partial charge in [0.1, 0.15) is 24.1 Å². The molecule has 3 heterocycles. The van der Waals surface area contributed by atoms with Crippen LogP contribution in [0.3, 0.4) is 0 Å². The summed E-state index contributed by atoms with van der Waals surface area (Å²) >= 11 is 6.55. The second-order valence-corrected chi connectivity index (χ2v) is 17.1. The predicted octanol–water partition coefficient (Wildman–Crippen LogP) is 8.68. The van der Waals surface area contributed by atoms with Gasteiger partial charge in [0.05, 0.1) is 11.7 Å². The quantitative estimate of drug-likeness (QED) is 0.129. The van der Waals surface area contributed by atoms with E-state index in [2.05, 4.69) is 28.1 Å². The van der Waals surface area contributed by atoms with E-state index in [1.165, 1.54) is 17.5 Å². The van der Waals surface area contributed by atoms with Crippen molar-refractivity contribution in [3.8, 4) is 0 Å². The van der Waals surface area contributed by atoms with E-state index in [4.69, 9.17) is 30.8 Å². The fourth-order valence-corrected chi connectivity index (χ4v) is 9.68. The molecule has 0 bridgehead atoms. The molecular weight excluding hydrogens is 780 g/mol. The second-order valence-electron chi connectivity index (χ2n) is 16.7. The number of benzene rings is 2. The van der Waals surface area contributed by atoms with Crippen molar-refractivity contribution >= 4 is 29.8 Å². The number of piperazine rings is 1. The molecule has 0 radical (unpaired) electrons. The van der Waals surface area contributed by atoms with Crippen molar-refractivity contribution < 1.29 is 28.6 Å². The molecule has 0 unspecified atom stereocenters. The Morgan fingerprint density at radius 3 is 2.33 bits per heavy atom. The summed E-state index contributed by atoms with van der Waals surface area (Å²) in [6, 6.07) is 19.2. The zero-order chi connectivity index (χ0) is 41.3. The maximum Gasteiger partial charge on any atom is 0.508 e. The van der Waals surface area contributed by atoms with Crippen molar-refractivity contribution in [3.05, 3.63) is 118 Å². The largest absolute Gasteiger partial charge is 0.508 e. The number of amides is 2. The van der Waals surface area contributed by atoms with Crippen LogP contribution in [0.5, 0.6) is 0 Å². The molecule has 0 spiro atoms. The number of imidazole rings is 1. The van der Waals surface area contributed by atoms with Gasteiger partial charge in [-0.2, -0.15) is 0 Å². The lowest BCUT2D eigenvalue weighted by Gasteiger charge is -2.45. The molecule has 4 aliphatic rings. The van der Waals surface area contributed by atoms with Gasteiger partial charge in [0, 0.05) is 62.9 Å². The maximum absolute atomic E-state index is 15.3. The van der Waals surface area contributed by atoms with Crippen molar-refractivity contribution in [2.45, 2.75) is 127 Å². The van der Waals surface area contributed by atoms with Crippen molar-refractivity contribution in [1.82, 2.24) is 29.2 Å². The molecule has 0 N–H and O–H groups in total. The third-order valence-electron chi connectivity index (χ3n) is 12.7. The summed E-state index contributed by atoms with van der Waals surface area (Å²) in [6.45, 7) is 2.54. The minimum atomic E-state index is -0.794. The lowest BCUT2D eigenvalue weighted by atomic mass is 9.95. The van der Waals surface area contributed by atoms with E-state index in [1.807, 2.05) is 64.3 Å². The first-order chi connectivity index (χ1) is 29.4. The number of carbonyl (C=O) groups is 3. The summed E-state index contributed by atoms with van der Waals surface area (Å²) in [5.41, 5.74) is 5.45. The average molecular weight is 837 g/mol. The number of carbonyl (C=O) groups excluding carboxylic acids is 3. The number of halogens is 1. The highest BCUT2D eigenvalue weighted by Crippen LogP contribution is 2.38. The molecule has 2 amide bonds. The smallest absolute Gasteiger partial charge is 0.446 e. The Bertz CT molecular complexity index is 2070. The monoisotopic (exact) mass is 836 g/mol. The van der Waals surface area contributed by atoms with Gasteiger partial charge in [-0.1, -0.05) is 66.9 Å². The normalized spacial score (nSPS) is 20.1. The lowest BCUT2D eigenvalue weighted by Crippen LogP contribution is -2.62. The standard InChI is InChI=1S/C47H57ClN6O6/c48-37-21-22-40-36(30-37)20-19-35-14-10-23-50-43(35)44(40)52-28-29-54(46(56)59-38-15-6-2-7-16-38)41(32-52)45(55)53(31-34-12-4-1-5-13-34)26-11-25-51-27-24-49-42(51)33-58-47(57)60-39-17-8-3-9-18-39/h1,4-5,10,12-14,21-24,27,30,38-39,41,44H,2-3,6-9,11,15-20,25-26,28-29,31-33H2/t41-,44+/m1/s1. The zero-order valence-electron chi connectivity index (χ0n) is 34.5. The van der Waals surface area contributed by atoms with Crippen LogP contribution < -0.4 is 0 Å². The van der Waals surface area contributed by atoms with Crippen LogP contribution in [0.1, 0.15) is 110 Å². The molecule has 8 rings (SSSR count). The first-order valence-corrected chi connectivity index (χ1v) is 22.4. The van der Waals surface area contributed by atoms with E-state index in [9.17, 15) is 9.59 Å². The Labute approximate surface area is 358 Å². The van der Waals surface area contributed by atoms with Gasteiger partial charge < -0.3 is 23.7 Å². The molecule has 13 heteroatoms. The highest BCUT2D eigenvalue weighted by molar-refractivity contribution is 6.30. The summed E-state index contributed by atoms with van der Waals surface area (Å²) in [5.74, 6) is 0.477. The fourth-order valence-electron chi connectivity index (χ4n) is 9.49. The van der Waals surface area contributed by atoms with E-state index in [1.54, 1.807) is 11.1 Å². The van der Waals surface area contributed by atoms with Crippen LogP contribution in [0.2, 0.25) is 5.02 Å². The molecule has 2 aromatic carbocycles. The van der Waals surface area contributed by atoms with Crippen LogP contribution in [-0.2, 0) is 51.5 Å². The summed E-state index contributed by atoms with van der Waals surface area (Å²) in [4.78, 5) is 57.3. The predicted molar refractivity (Wildman–Crippen MR) is 227 cm³/mol. The van der Waals surface area contributed by atoms with E-state index in [0.29, 0.717) is 56.5 Å². The number of fused-ring (bicyclic) bond motifs is 2. The number of hydrogen-bond donors (Lipinski definition) is 0. The number of aryl methyl sites for hydroxylation is 3. The Balaban J connectivity index is 1.03. The molecule has 318 valence electrons. The van der Waals surface area contributed by atoms with Crippen molar-refractivity contribution in [1.29, 1.82) is 0 Å².